The molecule has 1 saturated carbocycles. The second kappa shape index (κ2) is 8.07. The summed E-state index contributed by atoms with van der Waals surface area (Å²) in [5.41, 5.74) is 0.750. The van der Waals surface area contributed by atoms with Gasteiger partial charge in [0, 0.05) is 30.2 Å². The van der Waals surface area contributed by atoms with Crippen LogP contribution in [-0.4, -0.2) is 27.9 Å². The monoisotopic (exact) mass is 359 g/mol. The maximum absolute atomic E-state index is 12.7. The fraction of sp³-hybridized carbons (Fsp3) is 0.333. The lowest BCUT2D eigenvalue weighted by Crippen LogP contribution is -2.38. The number of nitrogens with zero attached hydrogens (tertiary/aromatic N) is 2. The molecular formula is C18H18ClN3O3. The van der Waals surface area contributed by atoms with Crippen LogP contribution < -0.4 is 5.32 Å². The number of amides is 1. The fourth-order valence-electron chi connectivity index (χ4n) is 2.82. The van der Waals surface area contributed by atoms with E-state index in [2.05, 4.69) is 15.3 Å². The summed E-state index contributed by atoms with van der Waals surface area (Å²) in [6, 6.07) is 6.53. The van der Waals surface area contributed by atoms with Crippen molar-refractivity contribution in [3.8, 4) is 0 Å². The molecule has 2 heterocycles. The first-order valence-electron chi connectivity index (χ1n) is 8.16. The Kier molecular flexibility index (Phi) is 5.60. The van der Waals surface area contributed by atoms with E-state index in [0.29, 0.717) is 5.56 Å². The molecule has 1 atom stereocenters. The highest BCUT2D eigenvalue weighted by molar-refractivity contribution is 6.29. The van der Waals surface area contributed by atoms with Gasteiger partial charge >= 0.3 is 5.97 Å². The molecule has 3 rings (SSSR count). The molecule has 0 radical (unpaired) electrons. The molecular weight excluding hydrogens is 342 g/mol. The minimum Gasteiger partial charge on any atom is -0.444 e. The van der Waals surface area contributed by atoms with E-state index >= 15 is 0 Å². The SMILES string of the molecule is O=C(OC(C(=O)NC1CCCC1)c1cccnc1)c1ccc(Cl)nc1. The average Bonchev–Trinajstić information content (AvgIpc) is 3.13. The van der Waals surface area contributed by atoms with Crippen molar-refractivity contribution in [1.29, 1.82) is 0 Å². The molecule has 1 N–H and O–H groups in total. The third-order valence-electron chi connectivity index (χ3n) is 4.11. The number of pyridine rings is 2. The van der Waals surface area contributed by atoms with Crippen LogP contribution in [0, 0.1) is 0 Å². The highest BCUT2D eigenvalue weighted by atomic mass is 35.5. The van der Waals surface area contributed by atoms with Crippen molar-refractivity contribution in [2.75, 3.05) is 0 Å². The topological polar surface area (TPSA) is 81.2 Å². The van der Waals surface area contributed by atoms with Gasteiger partial charge in [0.2, 0.25) is 6.10 Å². The van der Waals surface area contributed by atoms with Gasteiger partial charge in [-0.05, 0) is 31.0 Å². The Morgan fingerprint density at radius 3 is 2.64 bits per heavy atom. The van der Waals surface area contributed by atoms with E-state index < -0.39 is 12.1 Å². The third-order valence-corrected chi connectivity index (χ3v) is 4.34. The van der Waals surface area contributed by atoms with Gasteiger partial charge < -0.3 is 10.1 Å². The van der Waals surface area contributed by atoms with E-state index in [1.165, 1.54) is 24.5 Å². The minimum atomic E-state index is -1.06. The molecule has 1 unspecified atom stereocenters. The zero-order valence-corrected chi connectivity index (χ0v) is 14.3. The molecule has 7 heteroatoms. The number of hydrogen-bond acceptors (Lipinski definition) is 5. The molecule has 25 heavy (non-hydrogen) atoms. The normalized spacial score (nSPS) is 15.6. The Labute approximate surface area is 150 Å². The minimum absolute atomic E-state index is 0.127. The second-order valence-electron chi connectivity index (χ2n) is 5.93. The lowest BCUT2D eigenvalue weighted by atomic mass is 10.1. The number of ether oxygens (including phenoxy) is 1. The Balaban J connectivity index is 1.77. The summed E-state index contributed by atoms with van der Waals surface area (Å²) in [6.45, 7) is 0. The van der Waals surface area contributed by atoms with Gasteiger partial charge in [0.15, 0.2) is 0 Å². The summed E-state index contributed by atoms with van der Waals surface area (Å²) < 4.78 is 5.46. The number of hydrogen-bond donors (Lipinski definition) is 1. The molecule has 1 aliphatic rings. The Morgan fingerprint density at radius 2 is 2.00 bits per heavy atom. The van der Waals surface area contributed by atoms with Crippen LogP contribution in [0.4, 0.5) is 0 Å². The average molecular weight is 360 g/mol. The molecule has 0 aliphatic heterocycles. The molecule has 6 nitrogen and oxygen atoms in total. The number of rotatable bonds is 5. The number of aromatic nitrogens is 2. The largest absolute Gasteiger partial charge is 0.444 e. The Bertz CT molecular complexity index is 731. The van der Waals surface area contributed by atoms with Crippen molar-refractivity contribution in [3.05, 3.63) is 59.1 Å². The van der Waals surface area contributed by atoms with E-state index in [0.717, 1.165) is 25.7 Å². The summed E-state index contributed by atoms with van der Waals surface area (Å²) in [7, 11) is 0. The van der Waals surface area contributed by atoms with Gasteiger partial charge in [0.1, 0.15) is 5.15 Å². The van der Waals surface area contributed by atoms with Crippen LogP contribution in [0.15, 0.2) is 42.9 Å². The third kappa shape index (κ3) is 4.54. The Morgan fingerprint density at radius 1 is 1.20 bits per heavy atom. The fourth-order valence-corrected chi connectivity index (χ4v) is 2.93. The second-order valence-corrected chi connectivity index (χ2v) is 6.32. The summed E-state index contributed by atoms with van der Waals surface area (Å²) in [5.74, 6) is -0.977. The first-order chi connectivity index (χ1) is 12.1. The van der Waals surface area contributed by atoms with Gasteiger partial charge in [-0.2, -0.15) is 0 Å². The van der Waals surface area contributed by atoms with Crippen molar-refractivity contribution in [2.45, 2.75) is 37.8 Å². The van der Waals surface area contributed by atoms with Crippen molar-refractivity contribution in [2.24, 2.45) is 0 Å². The summed E-state index contributed by atoms with van der Waals surface area (Å²) in [6.07, 6.45) is 7.46. The first kappa shape index (κ1) is 17.4. The van der Waals surface area contributed by atoms with Crippen molar-refractivity contribution in [1.82, 2.24) is 15.3 Å². The van der Waals surface area contributed by atoms with E-state index in [9.17, 15) is 9.59 Å². The molecule has 0 bridgehead atoms. The van der Waals surface area contributed by atoms with Gasteiger partial charge in [-0.25, -0.2) is 9.78 Å². The highest BCUT2D eigenvalue weighted by Crippen LogP contribution is 2.22. The zero-order valence-electron chi connectivity index (χ0n) is 13.5. The molecule has 1 fully saturated rings. The maximum Gasteiger partial charge on any atom is 0.340 e. The standard InChI is InChI=1S/C18H18ClN3O3/c19-15-8-7-13(11-21-15)18(24)25-16(12-4-3-9-20-10-12)17(23)22-14-5-1-2-6-14/h3-4,7-11,14,16H,1-2,5-6H2,(H,22,23). The van der Waals surface area contributed by atoms with Crippen LogP contribution in [0.3, 0.4) is 0 Å². The number of nitrogens with one attached hydrogen (secondary N) is 1. The van der Waals surface area contributed by atoms with Crippen LogP contribution in [0.25, 0.3) is 0 Å². The molecule has 1 aliphatic carbocycles. The first-order valence-corrected chi connectivity index (χ1v) is 8.54. The van der Waals surface area contributed by atoms with E-state index in [-0.39, 0.29) is 22.7 Å². The predicted octanol–water partition coefficient (Wildman–Crippen LogP) is 3.09. The summed E-state index contributed by atoms with van der Waals surface area (Å²) >= 11 is 5.73. The molecule has 130 valence electrons. The number of halogens is 1. The number of carbonyl (C=O) groups excluding carboxylic acids is 2. The molecule has 0 saturated heterocycles. The van der Waals surface area contributed by atoms with Crippen molar-refractivity contribution < 1.29 is 14.3 Å². The van der Waals surface area contributed by atoms with Gasteiger partial charge in [-0.15, -0.1) is 0 Å². The van der Waals surface area contributed by atoms with Crippen LogP contribution in [-0.2, 0) is 9.53 Å². The van der Waals surface area contributed by atoms with Gasteiger partial charge in [0.05, 0.1) is 5.56 Å². The van der Waals surface area contributed by atoms with Gasteiger partial charge in [-0.1, -0.05) is 30.5 Å². The highest BCUT2D eigenvalue weighted by Gasteiger charge is 2.28. The van der Waals surface area contributed by atoms with E-state index in [4.69, 9.17) is 16.3 Å². The lowest BCUT2D eigenvalue weighted by Gasteiger charge is -2.20. The molecule has 1 amide bonds. The summed E-state index contributed by atoms with van der Waals surface area (Å²) in [4.78, 5) is 32.9. The van der Waals surface area contributed by atoms with Gasteiger partial charge in [-0.3, -0.25) is 9.78 Å². The molecule has 2 aromatic heterocycles. The number of carbonyl (C=O) groups is 2. The predicted molar refractivity (Wildman–Crippen MR) is 92.0 cm³/mol. The smallest absolute Gasteiger partial charge is 0.340 e. The molecule has 0 spiro atoms. The lowest BCUT2D eigenvalue weighted by molar-refractivity contribution is -0.131. The van der Waals surface area contributed by atoms with E-state index in [1.807, 2.05) is 0 Å². The van der Waals surface area contributed by atoms with Crippen LogP contribution in [0.5, 0.6) is 0 Å². The Hall–Kier alpha value is -2.47. The van der Waals surface area contributed by atoms with Crippen molar-refractivity contribution in [3.63, 3.8) is 0 Å². The van der Waals surface area contributed by atoms with Crippen LogP contribution in [0.1, 0.15) is 47.7 Å². The van der Waals surface area contributed by atoms with E-state index in [1.54, 1.807) is 18.3 Å². The quantitative estimate of drug-likeness (QED) is 0.655. The summed E-state index contributed by atoms with van der Waals surface area (Å²) in [5, 5.41) is 3.24. The van der Waals surface area contributed by atoms with Crippen LogP contribution >= 0.6 is 11.6 Å². The zero-order chi connectivity index (χ0) is 17.6. The maximum atomic E-state index is 12.7. The van der Waals surface area contributed by atoms with Crippen molar-refractivity contribution >= 4 is 23.5 Å². The van der Waals surface area contributed by atoms with Crippen LogP contribution in [0.2, 0.25) is 5.15 Å². The van der Waals surface area contributed by atoms with Gasteiger partial charge in [0.25, 0.3) is 5.91 Å². The number of esters is 1. The molecule has 2 aromatic rings. The molecule has 0 aromatic carbocycles.